The van der Waals surface area contributed by atoms with E-state index in [1.165, 1.54) is 12.8 Å². The summed E-state index contributed by atoms with van der Waals surface area (Å²) in [6.07, 6.45) is 5.94. The third kappa shape index (κ3) is 2.33. The molecule has 2 fully saturated rings. The second-order valence-electron chi connectivity index (χ2n) is 6.74. The lowest BCUT2D eigenvalue weighted by Crippen LogP contribution is -2.34. The summed E-state index contributed by atoms with van der Waals surface area (Å²) < 4.78 is 7.70. The fourth-order valence-corrected chi connectivity index (χ4v) is 3.40. The van der Waals surface area contributed by atoms with Crippen LogP contribution in [0.5, 0.6) is 0 Å². The van der Waals surface area contributed by atoms with Crippen LogP contribution in [0.3, 0.4) is 0 Å². The van der Waals surface area contributed by atoms with E-state index >= 15 is 0 Å². The van der Waals surface area contributed by atoms with Gasteiger partial charge in [0, 0.05) is 36.7 Å². The zero-order valence-corrected chi connectivity index (χ0v) is 13.6. The number of aryl methyl sites for hydroxylation is 1. The molecule has 3 aromatic heterocycles. The van der Waals surface area contributed by atoms with E-state index in [2.05, 4.69) is 36.2 Å². The van der Waals surface area contributed by atoms with Crippen molar-refractivity contribution < 1.29 is 4.42 Å². The highest BCUT2D eigenvalue weighted by atomic mass is 16.4. The monoisotopic (exact) mass is 325 g/mol. The molecular weight excluding hydrogens is 306 g/mol. The van der Waals surface area contributed by atoms with Crippen LogP contribution in [0.25, 0.3) is 5.78 Å². The first-order valence-electron chi connectivity index (χ1n) is 8.53. The van der Waals surface area contributed by atoms with Crippen molar-refractivity contribution in [1.82, 2.24) is 29.8 Å². The lowest BCUT2D eigenvalue weighted by atomic mass is 9.97. The smallest absolute Gasteiger partial charge is 0.254 e. The van der Waals surface area contributed by atoms with E-state index in [0.717, 1.165) is 49.2 Å². The Morgan fingerprint density at radius 2 is 1.75 bits per heavy atom. The summed E-state index contributed by atoms with van der Waals surface area (Å²) in [6, 6.07) is 2.07. The molecule has 1 saturated heterocycles. The molecule has 4 heterocycles. The van der Waals surface area contributed by atoms with E-state index in [9.17, 15) is 0 Å². The molecule has 0 bridgehead atoms. The van der Waals surface area contributed by atoms with Gasteiger partial charge in [0.25, 0.3) is 5.78 Å². The number of piperidine rings is 1. The molecule has 24 heavy (non-hydrogen) atoms. The molecule has 8 nitrogen and oxygen atoms in total. The zero-order chi connectivity index (χ0) is 16.1. The van der Waals surface area contributed by atoms with E-state index in [-0.39, 0.29) is 0 Å². The Balaban J connectivity index is 1.34. The van der Waals surface area contributed by atoms with Crippen LogP contribution in [0.15, 0.2) is 16.8 Å². The van der Waals surface area contributed by atoms with Crippen LogP contribution >= 0.6 is 0 Å². The van der Waals surface area contributed by atoms with E-state index in [4.69, 9.17) is 4.42 Å². The molecule has 0 atom stereocenters. The minimum absolute atomic E-state index is 0.357. The lowest BCUT2D eigenvalue weighted by molar-refractivity contribution is 0.375. The summed E-state index contributed by atoms with van der Waals surface area (Å²) in [5.74, 6) is 4.23. The molecule has 1 aliphatic heterocycles. The Morgan fingerprint density at radius 3 is 2.46 bits per heavy atom. The average Bonchev–Trinajstić information content (AvgIpc) is 3.14. The molecule has 1 aliphatic carbocycles. The van der Waals surface area contributed by atoms with E-state index in [1.807, 2.05) is 11.4 Å². The highest BCUT2D eigenvalue weighted by Crippen LogP contribution is 2.40. The molecule has 0 radical (unpaired) electrons. The number of aromatic nitrogens is 6. The Hall–Kier alpha value is -2.51. The van der Waals surface area contributed by atoms with Crippen molar-refractivity contribution >= 4 is 11.6 Å². The zero-order valence-electron chi connectivity index (χ0n) is 13.6. The quantitative estimate of drug-likeness (QED) is 0.728. The molecule has 124 valence electrons. The minimum Gasteiger partial charge on any atom is -0.425 e. The number of fused-ring (bicyclic) bond motifs is 1. The Kier molecular flexibility index (Phi) is 3.04. The van der Waals surface area contributed by atoms with Gasteiger partial charge < -0.3 is 9.32 Å². The van der Waals surface area contributed by atoms with E-state index < -0.39 is 0 Å². The Morgan fingerprint density at radius 1 is 1.04 bits per heavy atom. The van der Waals surface area contributed by atoms with Crippen molar-refractivity contribution in [1.29, 1.82) is 0 Å². The van der Waals surface area contributed by atoms with Gasteiger partial charge in [-0.1, -0.05) is 0 Å². The standard InChI is InChI=1S/C16H19N7O/c1-10-8-13(23-16(19-10)17-9-18-23)22-6-4-12(5-7-22)15-21-20-14(24-15)11-2-3-11/h8-9,11-12H,2-7H2,1H3. The van der Waals surface area contributed by atoms with Gasteiger partial charge in [-0.3, -0.25) is 0 Å². The van der Waals surface area contributed by atoms with Crippen molar-refractivity contribution in [3.63, 3.8) is 0 Å². The van der Waals surface area contributed by atoms with Gasteiger partial charge >= 0.3 is 0 Å². The first-order chi connectivity index (χ1) is 11.8. The maximum absolute atomic E-state index is 5.89. The molecule has 3 aromatic rings. The van der Waals surface area contributed by atoms with Crippen LogP contribution in [0.1, 0.15) is 55.0 Å². The van der Waals surface area contributed by atoms with Gasteiger partial charge in [-0.25, -0.2) is 4.98 Å². The molecule has 0 spiro atoms. The predicted molar refractivity (Wildman–Crippen MR) is 86.0 cm³/mol. The van der Waals surface area contributed by atoms with Gasteiger partial charge in [0.05, 0.1) is 0 Å². The Bertz CT molecular complexity index is 874. The number of hydrogen-bond acceptors (Lipinski definition) is 7. The summed E-state index contributed by atoms with van der Waals surface area (Å²) >= 11 is 0. The number of rotatable bonds is 3. The predicted octanol–water partition coefficient (Wildman–Crippen LogP) is 2.08. The topological polar surface area (TPSA) is 85.2 Å². The fourth-order valence-electron chi connectivity index (χ4n) is 3.40. The normalized spacial score (nSPS) is 19.3. The van der Waals surface area contributed by atoms with Gasteiger partial charge in [0.2, 0.25) is 11.8 Å². The molecule has 8 heteroatoms. The molecule has 0 amide bonds. The molecule has 2 aliphatic rings. The maximum Gasteiger partial charge on any atom is 0.254 e. The molecular formula is C16H19N7O. The lowest BCUT2D eigenvalue weighted by Gasteiger charge is -2.32. The molecule has 0 aromatic carbocycles. The van der Waals surface area contributed by atoms with E-state index in [1.54, 1.807) is 6.33 Å². The molecule has 0 unspecified atom stereocenters. The highest BCUT2D eigenvalue weighted by molar-refractivity contribution is 5.47. The van der Waals surface area contributed by atoms with Crippen molar-refractivity contribution in [3.8, 4) is 0 Å². The minimum atomic E-state index is 0.357. The van der Waals surface area contributed by atoms with E-state index in [0.29, 0.717) is 17.6 Å². The maximum atomic E-state index is 5.89. The summed E-state index contributed by atoms with van der Waals surface area (Å²) in [5.41, 5.74) is 0.957. The van der Waals surface area contributed by atoms with Crippen LogP contribution in [-0.2, 0) is 0 Å². The van der Waals surface area contributed by atoms with Crippen molar-refractivity contribution in [2.75, 3.05) is 18.0 Å². The van der Waals surface area contributed by atoms with Gasteiger partial charge in [0.1, 0.15) is 12.1 Å². The Labute approximate surface area is 138 Å². The summed E-state index contributed by atoms with van der Waals surface area (Å²) in [4.78, 5) is 11.0. The van der Waals surface area contributed by atoms with Crippen molar-refractivity contribution in [2.45, 2.75) is 44.4 Å². The summed E-state index contributed by atoms with van der Waals surface area (Å²) in [6.45, 7) is 3.86. The van der Waals surface area contributed by atoms with Crippen LogP contribution in [0.2, 0.25) is 0 Å². The molecule has 5 rings (SSSR count). The SMILES string of the molecule is Cc1cc(N2CCC(c3nnc(C4CC4)o3)CC2)n2ncnc2n1. The third-order valence-corrected chi connectivity index (χ3v) is 4.91. The number of anilines is 1. The summed E-state index contributed by atoms with van der Waals surface area (Å²) in [5, 5.41) is 12.8. The number of hydrogen-bond donors (Lipinski definition) is 0. The van der Waals surface area contributed by atoms with Gasteiger partial charge in [-0.15, -0.1) is 10.2 Å². The van der Waals surface area contributed by atoms with Crippen LogP contribution in [-0.4, -0.2) is 42.9 Å². The third-order valence-electron chi connectivity index (χ3n) is 4.91. The van der Waals surface area contributed by atoms with Gasteiger partial charge in [0.15, 0.2) is 0 Å². The fraction of sp³-hybridized carbons (Fsp3) is 0.562. The second-order valence-corrected chi connectivity index (χ2v) is 6.74. The first kappa shape index (κ1) is 13.9. The average molecular weight is 325 g/mol. The number of nitrogens with zero attached hydrogens (tertiary/aromatic N) is 7. The summed E-state index contributed by atoms with van der Waals surface area (Å²) in [7, 11) is 0. The van der Waals surface area contributed by atoms with Gasteiger partial charge in [-0.2, -0.15) is 14.6 Å². The highest BCUT2D eigenvalue weighted by Gasteiger charge is 2.32. The van der Waals surface area contributed by atoms with Gasteiger partial charge in [-0.05, 0) is 32.6 Å². The first-order valence-corrected chi connectivity index (χ1v) is 8.53. The molecule has 1 saturated carbocycles. The molecule has 0 N–H and O–H groups in total. The second kappa shape index (κ2) is 5.25. The van der Waals surface area contributed by atoms with Crippen molar-refractivity contribution in [3.05, 3.63) is 29.9 Å². The van der Waals surface area contributed by atoms with Crippen molar-refractivity contribution in [2.24, 2.45) is 0 Å². The van der Waals surface area contributed by atoms with Crippen LogP contribution in [0.4, 0.5) is 5.82 Å². The van der Waals surface area contributed by atoms with Crippen LogP contribution in [0, 0.1) is 6.92 Å². The largest absolute Gasteiger partial charge is 0.425 e. The van der Waals surface area contributed by atoms with Crippen LogP contribution < -0.4 is 4.90 Å².